The van der Waals surface area contributed by atoms with Gasteiger partial charge >= 0.3 is 0 Å². The van der Waals surface area contributed by atoms with Crippen LogP contribution in [0.15, 0.2) is 34.8 Å². The van der Waals surface area contributed by atoms with Gasteiger partial charge in [0.15, 0.2) is 5.78 Å². The second-order valence-corrected chi connectivity index (χ2v) is 6.52. The Morgan fingerprint density at radius 1 is 1.28 bits per heavy atom. The normalized spacial score (nSPS) is 10.6. The number of thiophene rings is 1. The van der Waals surface area contributed by atoms with Crippen LogP contribution in [0.5, 0.6) is 0 Å². The van der Waals surface area contributed by atoms with Gasteiger partial charge in [-0.25, -0.2) is 0 Å². The van der Waals surface area contributed by atoms with Gasteiger partial charge in [-0.2, -0.15) is 0 Å². The molecular formula is C14H12BrClOS. The van der Waals surface area contributed by atoms with E-state index in [9.17, 15) is 4.79 Å². The number of carbonyl (C=O) groups is 1. The first-order valence-corrected chi connectivity index (χ1v) is 7.64. The molecule has 1 nitrogen and oxygen atoms in total. The molecule has 0 saturated carbocycles. The summed E-state index contributed by atoms with van der Waals surface area (Å²) >= 11 is 11.1. The second-order valence-electron chi connectivity index (χ2n) is 3.95. The lowest BCUT2D eigenvalue weighted by molar-refractivity contribution is 0.0994. The number of Topliss-reactive ketones (excluding diaryl/α,β-unsaturated/α-hetero) is 1. The fourth-order valence-electron chi connectivity index (χ4n) is 1.68. The molecule has 0 N–H and O–H groups in total. The lowest BCUT2D eigenvalue weighted by Crippen LogP contribution is -2.02. The molecule has 18 heavy (non-hydrogen) atoms. The molecule has 0 aliphatic heterocycles. The Kier molecular flexibility index (Phi) is 4.60. The van der Waals surface area contributed by atoms with Gasteiger partial charge in [0.2, 0.25) is 0 Å². The quantitative estimate of drug-likeness (QED) is 0.701. The first kappa shape index (κ1) is 13.8. The highest BCUT2D eigenvalue weighted by Gasteiger charge is 2.12. The highest BCUT2D eigenvalue weighted by Crippen LogP contribution is 2.24. The van der Waals surface area contributed by atoms with E-state index in [-0.39, 0.29) is 5.78 Å². The molecule has 0 fully saturated rings. The topological polar surface area (TPSA) is 17.1 Å². The predicted octanol–water partition coefficient (Wildman–Crippen LogP) is 5.15. The Bertz CT molecular complexity index is 577. The summed E-state index contributed by atoms with van der Waals surface area (Å²) in [5, 5.41) is 0.502. The molecule has 1 aromatic heterocycles. The van der Waals surface area contributed by atoms with E-state index in [1.807, 2.05) is 12.1 Å². The number of hydrogen-bond donors (Lipinski definition) is 0. The van der Waals surface area contributed by atoms with E-state index in [0.717, 1.165) is 15.8 Å². The van der Waals surface area contributed by atoms with Crippen LogP contribution in [0.25, 0.3) is 0 Å². The molecule has 0 amide bonds. The molecule has 0 saturated heterocycles. The summed E-state index contributed by atoms with van der Waals surface area (Å²) in [5.74, 6) is 0.0667. The zero-order valence-electron chi connectivity index (χ0n) is 9.87. The Balaban J connectivity index is 2.16. The minimum Gasteiger partial charge on any atom is -0.294 e. The van der Waals surface area contributed by atoms with Crippen molar-refractivity contribution in [3.8, 4) is 0 Å². The Hall–Kier alpha value is -0.640. The van der Waals surface area contributed by atoms with Crippen molar-refractivity contribution in [3.05, 3.63) is 55.1 Å². The van der Waals surface area contributed by atoms with Crippen LogP contribution < -0.4 is 0 Å². The van der Waals surface area contributed by atoms with Crippen LogP contribution in [0.4, 0.5) is 0 Å². The van der Waals surface area contributed by atoms with Crippen molar-refractivity contribution < 1.29 is 4.79 Å². The molecule has 2 rings (SSSR count). The zero-order chi connectivity index (χ0) is 13.1. The van der Waals surface area contributed by atoms with Crippen molar-refractivity contribution >= 4 is 44.7 Å². The minimum absolute atomic E-state index is 0.0667. The van der Waals surface area contributed by atoms with Gasteiger partial charge in [0.1, 0.15) is 0 Å². The molecule has 0 spiro atoms. The van der Waals surface area contributed by atoms with Crippen molar-refractivity contribution in [2.24, 2.45) is 0 Å². The van der Waals surface area contributed by atoms with Gasteiger partial charge in [0.25, 0.3) is 0 Å². The summed E-state index contributed by atoms with van der Waals surface area (Å²) < 4.78 is 0.883. The summed E-state index contributed by atoms with van der Waals surface area (Å²) in [4.78, 5) is 14.5. The number of rotatable bonds is 4. The number of hydrogen-bond acceptors (Lipinski definition) is 2. The van der Waals surface area contributed by atoms with Crippen LogP contribution in [0.2, 0.25) is 5.02 Å². The lowest BCUT2D eigenvalue weighted by Gasteiger charge is -2.03. The van der Waals surface area contributed by atoms with Crippen molar-refractivity contribution in [1.82, 2.24) is 0 Å². The highest BCUT2D eigenvalue weighted by atomic mass is 79.9. The Labute approximate surface area is 124 Å². The minimum atomic E-state index is 0.0667. The molecule has 1 aromatic carbocycles. The van der Waals surface area contributed by atoms with E-state index in [0.29, 0.717) is 17.0 Å². The van der Waals surface area contributed by atoms with Crippen LogP contribution in [0.3, 0.4) is 0 Å². The number of halogens is 2. The third-order valence-electron chi connectivity index (χ3n) is 2.63. The first-order chi connectivity index (χ1) is 8.60. The van der Waals surface area contributed by atoms with Gasteiger partial charge in [-0.05, 0) is 36.8 Å². The van der Waals surface area contributed by atoms with Crippen molar-refractivity contribution in [2.75, 3.05) is 0 Å². The van der Waals surface area contributed by atoms with Crippen molar-refractivity contribution in [2.45, 2.75) is 19.8 Å². The van der Waals surface area contributed by atoms with Crippen LogP contribution >= 0.6 is 38.9 Å². The van der Waals surface area contributed by atoms with E-state index in [1.165, 1.54) is 4.88 Å². The number of benzene rings is 1. The fourth-order valence-corrected chi connectivity index (χ4v) is 3.41. The summed E-state index contributed by atoms with van der Waals surface area (Å²) in [6.07, 6.45) is 1.43. The van der Waals surface area contributed by atoms with E-state index >= 15 is 0 Å². The SMILES string of the molecule is CCc1ccc(CC(=O)c2ccc(Br)cc2Cl)s1. The zero-order valence-corrected chi connectivity index (χ0v) is 13.0. The molecule has 1 heterocycles. The largest absolute Gasteiger partial charge is 0.294 e. The van der Waals surface area contributed by atoms with Gasteiger partial charge in [-0.1, -0.05) is 34.5 Å². The maximum Gasteiger partial charge on any atom is 0.169 e. The summed E-state index contributed by atoms with van der Waals surface area (Å²) in [6, 6.07) is 9.46. The molecule has 0 aliphatic carbocycles. The smallest absolute Gasteiger partial charge is 0.169 e. The van der Waals surface area contributed by atoms with Gasteiger partial charge in [-0.3, -0.25) is 4.79 Å². The molecule has 0 unspecified atom stereocenters. The van der Waals surface area contributed by atoms with Crippen LogP contribution in [0, 0.1) is 0 Å². The van der Waals surface area contributed by atoms with Gasteiger partial charge in [0.05, 0.1) is 5.02 Å². The van der Waals surface area contributed by atoms with Gasteiger partial charge < -0.3 is 0 Å². The molecule has 0 atom stereocenters. The van der Waals surface area contributed by atoms with Crippen LogP contribution in [0.1, 0.15) is 27.0 Å². The van der Waals surface area contributed by atoms with Crippen LogP contribution in [-0.2, 0) is 12.8 Å². The fraction of sp³-hybridized carbons (Fsp3) is 0.214. The van der Waals surface area contributed by atoms with E-state index in [4.69, 9.17) is 11.6 Å². The van der Waals surface area contributed by atoms with Crippen molar-refractivity contribution in [3.63, 3.8) is 0 Å². The van der Waals surface area contributed by atoms with Crippen LogP contribution in [-0.4, -0.2) is 5.78 Å². The summed E-state index contributed by atoms with van der Waals surface area (Å²) in [5.41, 5.74) is 0.589. The monoisotopic (exact) mass is 342 g/mol. The maximum atomic E-state index is 12.2. The predicted molar refractivity (Wildman–Crippen MR) is 80.9 cm³/mol. The van der Waals surface area contributed by atoms with Crippen molar-refractivity contribution in [1.29, 1.82) is 0 Å². The average Bonchev–Trinajstić information content (AvgIpc) is 2.76. The lowest BCUT2D eigenvalue weighted by atomic mass is 10.1. The van der Waals surface area contributed by atoms with Gasteiger partial charge in [0, 0.05) is 26.2 Å². The Morgan fingerprint density at radius 2 is 2.00 bits per heavy atom. The highest BCUT2D eigenvalue weighted by molar-refractivity contribution is 9.10. The second kappa shape index (κ2) is 6.00. The molecule has 4 heteroatoms. The summed E-state index contributed by atoms with van der Waals surface area (Å²) in [7, 11) is 0. The van der Waals surface area contributed by atoms with E-state index in [1.54, 1.807) is 23.5 Å². The summed E-state index contributed by atoms with van der Waals surface area (Å²) in [6.45, 7) is 2.11. The third kappa shape index (κ3) is 3.22. The average molecular weight is 344 g/mol. The molecular weight excluding hydrogens is 332 g/mol. The van der Waals surface area contributed by atoms with E-state index in [2.05, 4.69) is 28.9 Å². The molecule has 2 aromatic rings. The molecule has 0 radical (unpaired) electrons. The van der Waals surface area contributed by atoms with E-state index < -0.39 is 0 Å². The number of aryl methyl sites for hydroxylation is 1. The number of carbonyl (C=O) groups excluding carboxylic acids is 1. The Morgan fingerprint density at radius 3 is 2.61 bits per heavy atom. The van der Waals surface area contributed by atoms with Gasteiger partial charge in [-0.15, -0.1) is 11.3 Å². The molecule has 0 aliphatic rings. The maximum absolute atomic E-state index is 12.2. The third-order valence-corrected chi connectivity index (χ3v) is 4.67. The first-order valence-electron chi connectivity index (χ1n) is 5.66. The molecule has 94 valence electrons. The molecule has 0 bridgehead atoms. The standard InChI is InChI=1S/C14H12BrClOS/c1-2-10-4-5-11(18-10)8-14(17)12-6-3-9(15)7-13(12)16/h3-7H,2,8H2,1H3. The number of ketones is 1.